The molecule has 0 saturated carbocycles. The largest absolute Gasteiger partial charge is 0.303 e. The minimum atomic E-state index is 0.135. The van der Waals surface area contributed by atoms with Crippen molar-refractivity contribution in [1.29, 1.82) is 0 Å². The van der Waals surface area contributed by atoms with Crippen molar-refractivity contribution in [3.63, 3.8) is 0 Å². The summed E-state index contributed by atoms with van der Waals surface area (Å²) >= 11 is 0. The van der Waals surface area contributed by atoms with E-state index in [0.717, 1.165) is 6.29 Å². The number of hydrogen-bond acceptors (Lipinski definition) is 1. The van der Waals surface area contributed by atoms with Crippen molar-refractivity contribution in [2.75, 3.05) is 0 Å². The van der Waals surface area contributed by atoms with E-state index in [2.05, 4.69) is 52.0 Å². The van der Waals surface area contributed by atoms with Crippen LogP contribution in [-0.4, -0.2) is 6.29 Å². The molecule has 0 fully saturated rings. The molecule has 82 valence electrons. The lowest BCUT2D eigenvalue weighted by Gasteiger charge is -2.29. The summed E-state index contributed by atoms with van der Waals surface area (Å²) in [5.74, 6) is 0.315. The van der Waals surface area contributed by atoms with Gasteiger partial charge < -0.3 is 4.79 Å². The van der Waals surface area contributed by atoms with Crippen molar-refractivity contribution in [3.05, 3.63) is 35.4 Å². The summed E-state index contributed by atoms with van der Waals surface area (Å²) < 4.78 is 0. The van der Waals surface area contributed by atoms with Gasteiger partial charge in [-0.1, -0.05) is 50.6 Å². The van der Waals surface area contributed by atoms with Gasteiger partial charge in [0, 0.05) is 6.42 Å². The fourth-order valence-electron chi connectivity index (χ4n) is 1.88. The zero-order valence-corrected chi connectivity index (χ0v) is 10.1. The van der Waals surface area contributed by atoms with E-state index in [1.807, 2.05) is 0 Å². The lowest BCUT2D eigenvalue weighted by atomic mass is 9.75. The third-order valence-electron chi connectivity index (χ3n) is 2.86. The first-order valence-corrected chi connectivity index (χ1v) is 5.45. The zero-order chi connectivity index (χ0) is 11.5. The average Bonchev–Trinajstić information content (AvgIpc) is 2.14. The van der Waals surface area contributed by atoms with Crippen LogP contribution < -0.4 is 0 Å². The van der Waals surface area contributed by atoms with Gasteiger partial charge in [0.1, 0.15) is 6.29 Å². The summed E-state index contributed by atoms with van der Waals surface area (Å²) in [7, 11) is 0. The quantitative estimate of drug-likeness (QED) is 0.686. The molecule has 0 radical (unpaired) electrons. The van der Waals surface area contributed by atoms with Gasteiger partial charge in [0.25, 0.3) is 0 Å². The number of carbonyl (C=O) groups is 1. The van der Waals surface area contributed by atoms with E-state index >= 15 is 0 Å². The fraction of sp³-hybridized carbons (Fsp3) is 0.500. The molecule has 1 unspecified atom stereocenters. The standard InChI is InChI=1S/C14H20O/c1-11-5-7-12(8-6-11)13(9-10-15)14(2,3)4/h5-8,10,13H,9H2,1-4H3. The predicted octanol–water partition coefficient (Wildman–Crippen LogP) is 3.71. The Balaban J connectivity index is 2.99. The van der Waals surface area contributed by atoms with E-state index < -0.39 is 0 Å². The van der Waals surface area contributed by atoms with Crippen LogP contribution in [0.2, 0.25) is 0 Å². The number of benzene rings is 1. The molecule has 1 nitrogen and oxygen atoms in total. The van der Waals surface area contributed by atoms with Crippen LogP contribution in [0.4, 0.5) is 0 Å². The van der Waals surface area contributed by atoms with Crippen molar-refractivity contribution in [2.45, 2.75) is 40.0 Å². The van der Waals surface area contributed by atoms with Crippen molar-refractivity contribution in [3.8, 4) is 0 Å². The summed E-state index contributed by atoms with van der Waals surface area (Å²) in [6.45, 7) is 8.62. The highest BCUT2D eigenvalue weighted by Gasteiger charge is 2.25. The molecule has 0 spiro atoms. The van der Waals surface area contributed by atoms with E-state index in [0.29, 0.717) is 12.3 Å². The van der Waals surface area contributed by atoms with Crippen LogP contribution in [-0.2, 0) is 4.79 Å². The third kappa shape index (κ3) is 3.19. The maximum atomic E-state index is 10.7. The first kappa shape index (κ1) is 12.0. The van der Waals surface area contributed by atoms with Crippen molar-refractivity contribution in [1.82, 2.24) is 0 Å². The topological polar surface area (TPSA) is 17.1 Å². The summed E-state index contributed by atoms with van der Waals surface area (Å²) in [6, 6.07) is 8.49. The van der Waals surface area contributed by atoms with E-state index in [4.69, 9.17) is 0 Å². The second kappa shape index (κ2) is 4.61. The first-order valence-electron chi connectivity index (χ1n) is 5.45. The molecule has 1 aromatic carbocycles. The van der Waals surface area contributed by atoms with Crippen LogP contribution in [0.15, 0.2) is 24.3 Å². The second-order valence-corrected chi connectivity index (χ2v) is 5.23. The Kier molecular flexibility index (Phi) is 3.67. The summed E-state index contributed by atoms with van der Waals surface area (Å²) in [5.41, 5.74) is 2.66. The highest BCUT2D eigenvalue weighted by atomic mass is 16.1. The molecule has 0 saturated heterocycles. The minimum Gasteiger partial charge on any atom is -0.303 e. The lowest BCUT2D eigenvalue weighted by molar-refractivity contribution is -0.108. The lowest BCUT2D eigenvalue weighted by Crippen LogP contribution is -2.18. The fourth-order valence-corrected chi connectivity index (χ4v) is 1.88. The zero-order valence-electron chi connectivity index (χ0n) is 10.1. The van der Waals surface area contributed by atoms with Crippen molar-refractivity contribution in [2.24, 2.45) is 5.41 Å². The maximum absolute atomic E-state index is 10.7. The van der Waals surface area contributed by atoms with Gasteiger partial charge in [0.15, 0.2) is 0 Å². The van der Waals surface area contributed by atoms with E-state index in [1.54, 1.807) is 0 Å². The van der Waals surface area contributed by atoms with E-state index in [9.17, 15) is 4.79 Å². The van der Waals surface area contributed by atoms with Crippen LogP contribution in [0.3, 0.4) is 0 Å². The van der Waals surface area contributed by atoms with Crippen molar-refractivity contribution < 1.29 is 4.79 Å². The smallest absolute Gasteiger partial charge is 0.120 e. The highest BCUT2D eigenvalue weighted by molar-refractivity contribution is 5.52. The molecular formula is C14H20O. The van der Waals surface area contributed by atoms with Gasteiger partial charge in [-0.15, -0.1) is 0 Å². The van der Waals surface area contributed by atoms with Gasteiger partial charge in [-0.25, -0.2) is 0 Å². The van der Waals surface area contributed by atoms with Gasteiger partial charge >= 0.3 is 0 Å². The number of carbonyl (C=O) groups excluding carboxylic acids is 1. The van der Waals surface area contributed by atoms with Crippen LogP contribution in [0.1, 0.15) is 44.2 Å². The number of aryl methyl sites for hydroxylation is 1. The van der Waals surface area contributed by atoms with Crippen LogP contribution >= 0.6 is 0 Å². The number of rotatable bonds is 3. The molecule has 1 aromatic rings. The molecule has 0 amide bonds. The molecule has 0 aromatic heterocycles. The Hall–Kier alpha value is -1.11. The van der Waals surface area contributed by atoms with Gasteiger partial charge in [-0.2, -0.15) is 0 Å². The van der Waals surface area contributed by atoms with Gasteiger partial charge in [-0.3, -0.25) is 0 Å². The maximum Gasteiger partial charge on any atom is 0.120 e. The van der Waals surface area contributed by atoms with E-state index in [-0.39, 0.29) is 5.41 Å². The second-order valence-electron chi connectivity index (χ2n) is 5.23. The Morgan fingerprint density at radius 2 is 1.73 bits per heavy atom. The van der Waals surface area contributed by atoms with Gasteiger partial charge in [0.05, 0.1) is 0 Å². The molecule has 1 rings (SSSR count). The van der Waals surface area contributed by atoms with Crippen LogP contribution in [0.5, 0.6) is 0 Å². The highest BCUT2D eigenvalue weighted by Crippen LogP contribution is 2.36. The molecule has 0 aliphatic rings. The molecule has 0 bridgehead atoms. The Bertz CT molecular complexity index is 316. The van der Waals surface area contributed by atoms with E-state index in [1.165, 1.54) is 11.1 Å². The van der Waals surface area contributed by atoms with Gasteiger partial charge in [-0.05, 0) is 23.8 Å². The minimum absolute atomic E-state index is 0.135. The summed E-state index contributed by atoms with van der Waals surface area (Å²) in [5, 5.41) is 0. The normalized spacial score (nSPS) is 13.6. The molecule has 0 aliphatic heterocycles. The monoisotopic (exact) mass is 204 g/mol. The summed E-state index contributed by atoms with van der Waals surface area (Å²) in [4.78, 5) is 10.7. The Morgan fingerprint density at radius 1 is 1.20 bits per heavy atom. The summed E-state index contributed by atoms with van der Waals surface area (Å²) in [6.07, 6.45) is 1.63. The van der Waals surface area contributed by atoms with Crippen molar-refractivity contribution >= 4 is 6.29 Å². The van der Waals surface area contributed by atoms with Gasteiger partial charge in [0.2, 0.25) is 0 Å². The number of hydrogen-bond donors (Lipinski definition) is 0. The number of aldehydes is 1. The molecular weight excluding hydrogens is 184 g/mol. The molecule has 1 atom stereocenters. The average molecular weight is 204 g/mol. The SMILES string of the molecule is Cc1ccc(C(CC=O)C(C)(C)C)cc1. The molecule has 1 heteroatoms. The Labute approximate surface area is 92.5 Å². The molecule has 15 heavy (non-hydrogen) atoms. The Morgan fingerprint density at radius 3 is 2.13 bits per heavy atom. The third-order valence-corrected chi connectivity index (χ3v) is 2.86. The molecule has 0 heterocycles. The first-order chi connectivity index (χ1) is 6.95. The molecule has 0 N–H and O–H groups in total. The predicted molar refractivity (Wildman–Crippen MR) is 64.1 cm³/mol. The van der Waals surface area contributed by atoms with Crippen LogP contribution in [0.25, 0.3) is 0 Å². The van der Waals surface area contributed by atoms with Crippen LogP contribution in [0, 0.1) is 12.3 Å². The molecule has 0 aliphatic carbocycles.